The molecule has 8 heteroatoms. The lowest BCUT2D eigenvalue weighted by Gasteiger charge is -2.20. The number of hydrogen-bond donors (Lipinski definition) is 3. The topological polar surface area (TPSA) is 105 Å². The molecule has 0 aliphatic carbocycles. The molecule has 0 heterocycles. The van der Waals surface area contributed by atoms with Crippen molar-refractivity contribution in [2.45, 2.75) is 33.7 Å². The van der Waals surface area contributed by atoms with E-state index in [1.807, 2.05) is 20.8 Å². The lowest BCUT2D eigenvalue weighted by Crippen LogP contribution is -2.36. The summed E-state index contributed by atoms with van der Waals surface area (Å²) in [7, 11) is -4.79. The van der Waals surface area contributed by atoms with Crippen LogP contribution in [0.5, 0.6) is 0 Å². The van der Waals surface area contributed by atoms with E-state index in [9.17, 15) is 9.36 Å². The maximum Gasteiger partial charge on any atom is 0.527 e. The SMILES string of the molecule is C[C@H](NOCC(C)(C)C)C(=O)OP(=O)(O)O. The molecule has 16 heavy (non-hydrogen) atoms. The molecule has 0 saturated heterocycles. The smallest absolute Gasteiger partial charge is 0.369 e. The zero-order valence-corrected chi connectivity index (χ0v) is 10.7. The van der Waals surface area contributed by atoms with Gasteiger partial charge in [-0.25, -0.2) is 9.36 Å². The van der Waals surface area contributed by atoms with Gasteiger partial charge in [0.15, 0.2) is 0 Å². The normalized spacial score (nSPS) is 14.6. The van der Waals surface area contributed by atoms with Crippen LogP contribution in [0.1, 0.15) is 27.7 Å². The van der Waals surface area contributed by atoms with Crippen LogP contribution in [-0.2, 0) is 18.7 Å². The largest absolute Gasteiger partial charge is 0.527 e. The van der Waals surface area contributed by atoms with Gasteiger partial charge in [-0.1, -0.05) is 20.8 Å². The summed E-state index contributed by atoms with van der Waals surface area (Å²) in [5.41, 5.74) is 2.26. The second-order valence-electron chi connectivity index (χ2n) is 4.59. The summed E-state index contributed by atoms with van der Waals surface area (Å²) >= 11 is 0. The van der Waals surface area contributed by atoms with Crippen molar-refractivity contribution in [3.63, 3.8) is 0 Å². The van der Waals surface area contributed by atoms with Gasteiger partial charge in [0.05, 0.1) is 6.61 Å². The third-order valence-electron chi connectivity index (χ3n) is 1.33. The summed E-state index contributed by atoms with van der Waals surface area (Å²) in [4.78, 5) is 32.8. The fraction of sp³-hybridized carbons (Fsp3) is 0.875. The molecule has 0 aliphatic rings. The van der Waals surface area contributed by atoms with Gasteiger partial charge in [-0.15, -0.1) is 0 Å². The van der Waals surface area contributed by atoms with E-state index in [1.54, 1.807) is 0 Å². The van der Waals surface area contributed by atoms with Gasteiger partial charge >= 0.3 is 13.8 Å². The lowest BCUT2D eigenvalue weighted by atomic mass is 9.99. The molecule has 0 amide bonds. The molecule has 0 aliphatic heterocycles. The van der Waals surface area contributed by atoms with Crippen LogP contribution < -0.4 is 5.48 Å². The highest BCUT2D eigenvalue weighted by Crippen LogP contribution is 2.36. The van der Waals surface area contributed by atoms with E-state index >= 15 is 0 Å². The van der Waals surface area contributed by atoms with Crippen molar-refractivity contribution in [1.29, 1.82) is 0 Å². The monoisotopic (exact) mass is 255 g/mol. The molecule has 0 aromatic rings. The zero-order chi connectivity index (χ0) is 13.0. The number of carbonyl (C=O) groups is 1. The van der Waals surface area contributed by atoms with Crippen molar-refractivity contribution in [2.24, 2.45) is 5.41 Å². The summed E-state index contributed by atoms with van der Waals surface area (Å²) in [6.45, 7) is 7.54. The van der Waals surface area contributed by atoms with Crippen LogP contribution in [0.3, 0.4) is 0 Å². The molecule has 0 aromatic carbocycles. The highest BCUT2D eigenvalue weighted by molar-refractivity contribution is 7.46. The van der Waals surface area contributed by atoms with Gasteiger partial charge in [-0.3, -0.25) is 9.79 Å². The van der Waals surface area contributed by atoms with Gasteiger partial charge < -0.3 is 9.36 Å². The molecular formula is C8H18NO6P. The van der Waals surface area contributed by atoms with Crippen molar-refractivity contribution < 1.29 is 28.5 Å². The molecule has 0 unspecified atom stereocenters. The van der Waals surface area contributed by atoms with Crippen molar-refractivity contribution in [2.75, 3.05) is 6.61 Å². The Labute approximate surface area is 94.3 Å². The van der Waals surface area contributed by atoms with E-state index in [0.29, 0.717) is 6.61 Å². The molecule has 0 spiro atoms. The first-order valence-corrected chi connectivity index (χ1v) is 6.20. The van der Waals surface area contributed by atoms with Gasteiger partial charge in [-0.2, -0.15) is 5.48 Å². The molecule has 0 aromatic heterocycles. The molecule has 1 atom stereocenters. The number of hydroxylamine groups is 1. The Bertz CT molecular complexity index is 281. The van der Waals surface area contributed by atoms with Crippen LogP contribution in [0.25, 0.3) is 0 Å². The quantitative estimate of drug-likeness (QED) is 0.487. The van der Waals surface area contributed by atoms with Gasteiger partial charge in [0.25, 0.3) is 0 Å². The summed E-state index contributed by atoms with van der Waals surface area (Å²) in [6.07, 6.45) is 0. The predicted molar refractivity (Wildman–Crippen MR) is 56.1 cm³/mol. The number of phosphoric ester groups is 1. The fourth-order valence-electron chi connectivity index (χ4n) is 0.628. The van der Waals surface area contributed by atoms with E-state index in [4.69, 9.17) is 14.6 Å². The van der Waals surface area contributed by atoms with Gasteiger partial charge in [0.1, 0.15) is 6.04 Å². The molecule has 96 valence electrons. The van der Waals surface area contributed by atoms with Crippen LogP contribution in [0, 0.1) is 5.41 Å². The molecule has 0 radical (unpaired) electrons. The molecule has 0 rings (SSSR count). The Kier molecular flexibility index (Phi) is 5.58. The van der Waals surface area contributed by atoms with E-state index < -0.39 is 19.8 Å². The average molecular weight is 255 g/mol. The van der Waals surface area contributed by atoms with Crippen molar-refractivity contribution >= 4 is 13.8 Å². The molecule has 0 fully saturated rings. The number of rotatable bonds is 5. The Hall–Kier alpha value is -0.460. The molecular weight excluding hydrogens is 237 g/mol. The third kappa shape index (κ3) is 8.82. The van der Waals surface area contributed by atoms with Crippen LogP contribution >= 0.6 is 7.82 Å². The summed E-state index contributed by atoms with van der Waals surface area (Å²) in [5, 5.41) is 0. The minimum atomic E-state index is -4.79. The van der Waals surface area contributed by atoms with Crippen LogP contribution in [0.15, 0.2) is 0 Å². The van der Waals surface area contributed by atoms with Crippen LogP contribution in [0.4, 0.5) is 0 Å². The van der Waals surface area contributed by atoms with Crippen molar-refractivity contribution in [3.05, 3.63) is 0 Å². The predicted octanol–water partition coefficient (Wildman–Crippen LogP) is 0.578. The van der Waals surface area contributed by atoms with E-state index in [2.05, 4.69) is 10.0 Å². The standard InChI is InChI=1S/C8H18NO6P/c1-6(7(10)15-16(11,12)13)9-14-5-8(2,3)4/h6,9H,5H2,1-4H3,(H2,11,12,13)/t6-/m0/s1. The zero-order valence-electron chi connectivity index (χ0n) is 9.76. The van der Waals surface area contributed by atoms with E-state index in [-0.39, 0.29) is 5.41 Å². The van der Waals surface area contributed by atoms with Gasteiger partial charge in [0, 0.05) is 0 Å². The molecule has 0 bridgehead atoms. The molecule has 0 saturated carbocycles. The number of nitrogens with one attached hydrogen (secondary N) is 1. The Morgan fingerprint density at radius 3 is 2.31 bits per heavy atom. The second-order valence-corrected chi connectivity index (χ2v) is 5.75. The first-order chi connectivity index (χ1) is 7.01. The summed E-state index contributed by atoms with van der Waals surface area (Å²) < 4.78 is 14.2. The maximum atomic E-state index is 11.1. The first kappa shape index (κ1) is 15.5. The number of carbonyl (C=O) groups excluding carboxylic acids is 1. The highest BCUT2D eigenvalue weighted by Gasteiger charge is 2.25. The second kappa shape index (κ2) is 5.75. The summed E-state index contributed by atoms with van der Waals surface area (Å²) in [5.74, 6) is -1.07. The van der Waals surface area contributed by atoms with Crippen LogP contribution in [0.2, 0.25) is 0 Å². The molecule has 3 N–H and O–H groups in total. The van der Waals surface area contributed by atoms with Gasteiger partial charge in [0.2, 0.25) is 0 Å². The van der Waals surface area contributed by atoms with Crippen molar-refractivity contribution in [1.82, 2.24) is 5.48 Å². The van der Waals surface area contributed by atoms with E-state index in [0.717, 1.165) is 0 Å². The first-order valence-electron chi connectivity index (χ1n) is 4.67. The highest BCUT2D eigenvalue weighted by atomic mass is 31.2. The summed E-state index contributed by atoms with van der Waals surface area (Å²) in [6, 6.07) is -0.949. The Balaban J connectivity index is 3.94. The molecule has 7 nitrogen and oxygen atoms in total. The Morgan fingerprint density at radius 2 is 1.94 bits per heavy atom. The lowest BCUT2D eigenvalue weighted by molar-refractivity contribution is -0.142. The third-order valence-corrected chi connectivity index (χ3v) is 1.75. The minimum absolute atomic E-state index is 0.0835. The van der Waals surface area contributed by atoms with Gasteiger partial charge in [-0.05, 0) is 12.3 Å². The minimum Gasteiger partial charge on any atom is -0.369 e. The van der Waals surface area contributed by atoms with Crippen molar-refractivity contribution in [3.8, 4) is 0 Å². The van der Waals surface area contributed by atoms with E-state index in [1.165, 1.54) is 6.92 Å². The fourth-order valence-corrected chi connectivity index (χ4v) is 1.02. The van der Waals surface area contributed by atoms with Crippen LogP contribution in [-0.4, -0.2) is 28.4 Å². The number of hydrogen-bond acceptors (Lipinski definition) is 5. The Morgan fingerprint density at radius 1 is 1.44 bits per heavy atom. The average Bonchev–Trinajstić information content (AvgIpc) is 1.98. The maximum absolute atomic E-state index is 11.1. The number of phosphoric acid groups is 1.